The van der Waals surface area contributed by atoms with Crippen LogP contribution < -0.4 is 37.9 Å². The predicted molar refractivity (Wildman–Crippen MR) is 317 cm³/mol. The molecule has 1 saturated heterocycles. The number of ether oxygens (including phenoxy) is 1. The zero-order valence-electron chi connectivity index (χ0n) is 44.3. The Morgan fingerprint density at radius 3 is 2.08 bits per heavy atom. The minimum absolute atomic E-state index is 0.0101. The van der Waals surface area contributed by atoms with Crippen molar-refractivity contribution in [2.75, 3.05) is 19.7 Å². The average molecular weight is 1240 g/mol. The number of aryl methyl sites for hydroxylation is 1. The second kappa shape index (κ2) is 24.6. The van der Waals surface area contributed by atoms with Crippen LogP contribution in [0, 0.1) is 12.8 Å². The Balaban J connectivity index is 1.01. The van der Waals surface area contributed by atoms with Crippen molar-refractivity contribution in [2.45, 2.75) is 63.1 Å². The average Bonchev–Trinajstić information content (AvgIpc) is 4.55. The number of hydrogen-bond donors (Lipinski definition) is 8. The molecule has 2 aliphatic heterocycles. The molecule has 29 heteroatoms. The van der Waals surface area contributed by atoms with E-state index in [9.17, 15) is 34.2 Å². The highest BCUT2D eigenvalue weighted by Gasteiger charge is 2.45. The second-order valence-electron chi connectivity index (χ2n) is 19.5. The first-order valence-electron chi connectivity index (χ1n) is 25.9. The molecular weight excluding hydrogens is 1190 g/mol. The quantitative estimate of drug-likeness (QED) is 0.0734. The molecule has 10 bridgehead atoms. The Labute approximate surface area is 502 Å². The maximum atomic E-state index is 15.3. The Morgan fingerprint density at radius 1 is 0.690 bits per heavy atom. The fourth-order valence-electron chi connectivity index (χ4n) is 9.57. The van der Waals surface area contributed by atoms with Gasteiger partial charge in [0, 0.05) is 62.8 Å². The molecule has 9 heterocycles. The third kappa shape index (κ3) is 12.1. The Hall–Kier alpha value is -8.13. The van der Waals surface area contributed by atoms with Gasteiger partial charge in [-0.25, -0.2) is 34.9 Å². The highest BCUT2D eigenvalue weighted by molar-refractivity contribution is 7.15. The van der Waals surface area contributed by atoms with E-state index in [0.29, 0.717) is 83.3 Å². The summed E-state index contributed by atoms with van der Waals surface area (Å²) < 4.78 is 5.70. The van der Waals surface area contributed by atoms with Crippen molar-refractivity contribution >= 4 is 103 Å². The minimum Gasteiger partial charge on any atom is -0.492 e. The maximum Gasteiger partial charge on any atom is 0.271 e. The Morgan fingerprint density at radius 2 is 1.35 bits per heavy atom. The van der Waals surface area contributed by atoms with Crippen LogP contribution in [-0.4, -0.2) is 117 Å². The number of carbonyl (C=O) groups excluding carboxylic acids is 6. The third-order valence-corrected chi connectivity index (χ3v) is 19.4. The minimum atomic E-state index is -1.40. The summed E-state index contributed by atoms with van der Waals surface area (Å²) in [5.74, 6) is -4.07. The number of amides is 6. The van der Waals surface area contributed by atoms with Crippen molar-refractivity contribution in [3.05, 3.63) is 147 Å². The molecule has 6 amide bonds. The van der Waals surface area contributed by atoms with Crippen LogP contribution in [0.25, 0.3) is 43.4 Å². The van der Waals surface area contributed by atoms with Crippen LogP contribution in [0.2, 0.25) is 0 Å². The van der Waals surface area contributed by atoms with Gasteiger partial charge in [0.1, 0.15) is 100 Å². The summed E-state index contributed by atoms with van der Waals surface area (Å²) in [6, 6.07) is 14.7. The molecule has 7 aromatic heterocycles. The molecule has 2 aliphatic rings. The summed E-state index contributed by atoms with van der Waals surface area (Å²) in [6.07, 6.45) is -2.75. The summed E-state index contributed by atoms with van der Waals surface area (Å²) in [5.41, 5.74) is 20.0. The maximum absolute atomic E-state index is 15.3. The van der Waals surface area contributed by atoms with Gasteiger partial charge in [0.2, 0.25) is 11.8 Å². The van der Waals surface area contributed by atoms with E-state index < -0.39 is 84.2 Å². The molecule has 11 N–H and O–H groups in total. The molecule has 0 radical (unpaired) electrons. The molecule has 0 aliphatic carbocycles. The van der Waals surface area contributed by atoms with Crippen LogP contribution in [-0.2, 0) is 16.0 Å². The van der Waals surface area contributed by atoms with Crippen LogP contribution in [0.15, 0.2) is 93.6 Å². The SMILES string of the molecule is Cc1sc2nc1C(=O)N[C@@H]([C@H](O)c1ccccc1)c1nc(cs1)C(=O)N[C@@H](Cc1ccc(OCCN)cc1)C(=O)N1C[C@H](O)[C@H](C)[C@H]1c1nc(cs1)-c1nc(cs1)-c1nc(-c3nc(C(N)=O)cs3)ccc1-c1nc(cs1)C(=O)N[C@H]2CC(N)=O. The standard InChI is InChI=1S/C55H50N14O9S6/c1-24-38(70)18-69-43(24)54-66-37(23-83-54)51-62-33(19-80-51)41-29(12-13-30(59-41)50-63-34(20-81-50)45(58)73)49-64-35(21-79-49)46(74)60-31(17-39(57)71)52-68-40(25(2)84-52)48(76)67-42(44(72)27-6-4-3-5-7-27)53-65-36(22-82-53)47(75)61-32(55(69)77)16-26-8-10-28(11-9-26)78-15-14-56/h3-13,19-24,31-32,38,42-44,70,72H,14-18,56H2,1-2H3,(H2,57,71)(H2,58,73)(H,60,74)(H,61,75)(H,67,76)/t24-,31-,32-,38-,42-,43-,44+/m0/s1. The summed E-state index contributed by atoms with van der Waals surface area (Å²) in [7, 11) is 0. The first-order valence-corrected chi connectivity index (χ1v) is 31.1. The lowest BCUT2D eigenvalue weighted by atomic mass is 10.00. The number of carbonyl (C=O) groups is 6. The van der Waals surface area contributed by atoms with E-state index in [1.165, 1.54) is 49.7 Å². The molecule has 9 aromatic rings. The normalized spacial score (nSPS) is 19.7. The molecule has 1 fully saturated rings. The number of benzene rings is 2. The van der Waals surface area contributed by atoms with Gasteiger partial charge in [-0.05, 0) is 42.3 Å². The number of nitrogens with one attached hydrogen (secondary N) is 3. The van der Waals surface area contributed by atoms with E-state index in [0.717, 1.165) is 34.0 Å². The fraction of sp³-hybridized carbons (Fsp3) is 0.255. The van der Waals surface area contributed by atoms with E-state index >= 15 is 4.79 Å². The van der Waals surface area contributed by atoms with E-state index in [-0.39, 0.29) is 45.8 Å². The molecule has 0 spiro atoms. The smallest absolute Gasteiger partial charge is 0.271 e. The molecule has 430 valence electrons. The summed E-state index contributed by atoms with van der Waals surface area (Å²) in [5, 5.41) is 42.4. The first-order chi connectivity index (χ1) is 40.5. The van der Waals surface area contributed by atoms with Crippen molar-refractivity contribution in [3.63, 3.8) is 0 Å². The van der Waals surface area contributed by atoms with Gasteiger partial charge in [-0.1, -0.05) is 49.4 Å². The lowest BCUT2D eigenvalue weighted by Gasteiger charge is -2.29. The number of rotatable bonds is 11. The first kappa shape index (κ1) is 57.7. The highest BCUT2D eigenvalue weighted by Crippen LogP contribution is 2.43. The monoisotopic (exact) mass is 1240 g/mol. The van der Waals surface area contributed by atoms with Crippen molar-refractivity contribution in [2.24, 2.45) is 23.1 Å². The van der Waals surface area contributed by atoms with Crippen molar-refractivity contribution in [1.82, 2.24) is 55.7 Å². The van der Waals surface area contributed by atoms with Crippen molar-refractivity contribution in [3.8, 4) is 49.1 Å². The summed E-state index contributed by atoms with van der Waals surface area (Å²) in [6.45, 7) is 3.99. The van der Waals surface area contributed by atoms with Gasteiger partial charge in [0.25, 0.3) is 23.6 Å². The Kier molecular flexibility index (Phi) is 16.9. The number of aliphatic hydroxyl groups excluding tert-OH is 2. The third-order valence-electron chi connectivity index (χ3n) is 13.8. The van der Waals surface area contributed by atoms with Crippen molar-refractivity contribution < 1.29 is 43.7 Å². The van der Waals surface area contributed by atoms with Gasteiger partial charge in [0.15, 0.2) is 0 Å². The van der Waals surface area contributed by atoms with Crippen LogP contribution in [0.3, 0.4) is 0 Å². The lowest BCUT2D eigenvalue weighted by molar-refractivity contribution is -0.134. The van der Waals surface area contributed by atoms with Crippen LogP contribution >= 0.6 is 68.0 Å². The number of nitrogens with two attached hydrogens (primary N) is 3. The van der Waals surface area contributed by atoms with E-state index in [1.807, 2.05) is 12.3 Å². The summed E-state index contributed by atoms with van der Waals surface area (Å²) in [4.78, 5) is 119. The molecule has 11 rings (SSSR count). The molecule has 0 saturated carbocycles. The van der Waals surface area contributed by atoms with Crippen LogP contribution in [0.1, 0.15) is 111 Å². The number of aromatic nitrogens is 7. The van der Waals surface area contributed by atoms with Gasteiger partial charge >= 0.3 is 0 Å². The number of primary amides is 2. The second-order valence-corrected chi connectivity index (χ2v) is 25.1. The molecule has 0 unspecified atom stereocenters. The highest BCUT2D eigenvalue weighted by atomic mass is 32.1. The number of aliphatic hydroxyl groups is 2. The van der Waals surface area contributed by atoms with Gasteiger partial charge in [-0.2, -0.15) is 0 Å². The Bertz CT molecular complexity index is 3950. The van der Waals surface area contributed by atoms with Gasteiger partial charge in [0.05, 0.1) is 30.3 Å². The predicted octanol–water partition coefficient (Wildman–Crippen LogP) is 6.02. The largest absolute Gasteiger partial charge is 0.492 e. The number of fused-ring (bicyclic) bond motifs is 16. The number of thiazole rings is 6. The number of nitrogens with zero attached hydrogens (tertiary/aromatic N) is 8. The van der Waals surface area contributed by atoms with E-state index in [4.69, 9.17) is 41.9 Å². The summed E-state index contributed by atoms with van der Waals surface area (Å²) >= 11 is 6.93. The molecular formula is C55H50N14O9S6. The van der Waals surface area contributed by atoms with Crippen molar-refractivity contribution in [1.29, 1.82) is 0 Å². The van der Waals surface area contributed by atoms with Gasteiger partial charge < -0.3 is 53.0 Å². The lowest BCUT2D eigenvalue weighted by Crippen LogP contribution is -2.50. The zero-order valence-corrected chi connectivity index (χ0v) is 49.2. The van der Waals surface area contributed by atoms with Crippen LogP contribution in [0.5, 0.6) is 5.75 Å². The van der Waals surface area contributed by atoms with E-state index in [2.05, 4.69) is 30.9 Å². The topological polar surface area (TPSA) is 360 Å². The molecule has 84 heavy (non-hydrogen) atoms. The van der Waals surface area contributed by atoms with Gasteiger partial charge in [-0.3, -0.25) is 28.8 Å². The van der Waals surface area contributed by atoms with Crippen LogP contribution in [0.4, 0.5) is 0 Å². The molecule has 2 aromatic carbocycles. The molecule has 23 nitrogen and oxygen atoms in total. The number of hydrogen-bond acceptors (Lipinski definition) is 23. The van der Waals surface area contributed by atoms with E-state index in [1.54, 1.807) is 84.4 Å². The fourth-order valence-corrected chi connectivity index (χ4v) is 14.9. The van der Waals surface area contributed by atoms with Gasteiger partial charge in [-0.15, -0.1) is 68.0 Å². The molecule has 7 atom stereocenters. The zero-order chi connectivity index (χ0) is 58.9. The number of pyridine rings is 1.